The number of hydrogen-bond donors (Lipinski definition) is 1. The normalized spacial score (nSPS) is 35.8. The van der Waals surface area contributed by atoms with Gasteiger partial charge in [0.05, 0.1) is 18.3 Å². The maximum absolute atomic E-state index is 12.6. The van der Waals surface area contributed by atoms with Crippen LogP contribution in [0.25, 0.3) is 0 Å². The average Bonchev–Trinajstić information content (AvgIpc) is 2.81. The molecule has 0 aromatic carbocycles. The molecule has 3 aliphatic rings. The van der Waals surface area contributed by atoms with Gasteiger partial charge in [-0.3, -0.25) is 10.1 Å². The Hall–Kier alpha value is -0.610. The summed E-state index contributed by atoms with van der Waals surface area (Å²) in [4.78, 5) is 14.7. The summed E-state index contributed by atoms with van der Waals surface area (Å²) in [7, 11) is 0. The summed E-state index contributed by atoms with van der Waals surface area (Å²) in [6.07, 6.45) is 3.32. The standard InChI is InChI=1S/C14H24N2O2/c1-9(2)12-15-14(5-6-14)13(17)16(12)10(3)11-4-7-18-8-11/h9-12,15H,4-8H2,1-3H3. The molecule has 2 aliphatic heterocycles. The first-order valence-corrected chi connectivity index (χ1v) is 7.23. The molecule has 0 radical (unpaired) electrons. The fourth-order valence-corrected chi connectivity index (χ4v) is 3.36. The van der Waals surface area contributed by atoms with Crippen LogP contribution in [0.3, 0.4) is 0 Å². The van der Waals surface area contributed by atoms with E-state index in [1.165, 1.54) is 0 Å². The number of carbonyl (C=O) groups excluding carboxylic acids is 1. The molecule has 0 aromatic rings. The molecule has 0 aromatic heterocycles. The first-order chi connectivity index (χ1) is 8.55. The summed E-state index contributed by atoms with van der Waals surface area (Å²) in [6.45, 7) is 8.23. The molecule has 4 heteroatoms. The number of nitrogens with one attached hydrogen (secondary N) is 1. The van der Waals surface area contributed by atoms with Crippen molar-refractivity contribution in [3.05, 3.63) is 0 Å². The largest absolute Gasteiger partial charge is 0.381 e. The van der Waals surface area contributed by atoms with Gasteiger partial charge in [0.15, 0.2) is 0 Å². The third kappa shape index (κ3) is 1.77. The highest BCUT2D eigenvalue weighted by Crippen LogP contribution is 2.44. The molecule has 2 saturated heterocycles. The van der Waals surface area contributed by atoms with E-state index in [2.05, 4.69) is 31.0 Å². The minimum absolute atomic E-state index is 0.192. The van der Waals surface area contributed by atoms with Gasteiger partial charge in [-0.15, -0.1) is 0 Å². The van der Waals surface area contributed by atoms with Crippen LogP contribution in [0, 0.1) is 11.8 Å². The predicted octanol–water partition coefficient (Wildman–Crippen LogP) is 1.36. The molecule has 1 amide bonds. The number of amides is 1. The van der Waals surface area contributed by atoms with E-state index in [4.69, 9.17) is 4.74 Å². The van der Waals surface area contributed by atoms with E-state index in [1.807, 2.05) is 0 Å². The van der Waals surface area contributed by atoms with Crippen molar-refractivity contribution in [3.63, 3.8) is 0 Å². The Labute approximate surface area is 109 Å². The smallest absolute Gasteiger partial charge is 0.244 e. The van der Waals surface area contributed by atoms with Crippen LogP contribution in [0.4, 0.5) is 0 Å². The summed E-state index contributed by atoms with van der Waals surface area (Å²) in [5.74, 6) is 1.30. The van der Waals surface area contributed by atoms with Gasteiger partial charge in [-0.1, -0.05) is 13.8 Å². The highest BCUT2D eigenvalue weighted by molar-refractivity contribution is 5.92. The molecule has 18 heavy (non-hydrogen) atoms. The topological polar surface area (TPSA) is 41.6 Å². The molecular formula is C14H24N2O2. The molecule has 1 spiro atoms. The van der Waals surface area contributed by atoms with Crippen molar-refractivity contribution >= 4 is 5.91 Å². The third-order valence-corrected chi connectivity index (χ3v) is 4.84. The second-order valence-corrected chi connectivity index (χ2v) is 6.49. The van der Waals surface area contributed by atoms with E-state index in [-0.39, 0.29) is 11.7 Å². The Morgan fingerprint density at radius 3 is 2.61 bits per heavy atom. The van der Waals surface area contributed by atoms with Gasteiger partial charge in [0.25, 0.3) is 0 Å². The van der Waals surface area contributed by atoms with Crippen LogP contribution in [-0.2, 0) is 9.53 Å². The lowest BCUT2D eigenvalue weighted by Gasteiger charge is -2.35. The first kappa shape index (κ1) is 12.4. The maximum atomic E-state index is 12.6. The molecule has 1 saturated carbocycles. The number of nitrogens with zero attached hydrogens (tertiary/aromatic N) is 1. The Balaban J connectivity index is 1.80. The summed E-state index contributed by atoms with van der Waals surface area (Å²) >= 11 is 0. The van der Waals surface area contributed by atoms with Gasteiger partial charge in [-0.2, -0.15) is 0 Å². The molecular weight excluding hydrogens is 228 g/mol. The predicted molar refractivity (Wildman–Crippen MR) is 69.0 cm³/mol. The van der Waals surface area contributed by atoms with Crippen molar-refractivity contribution in [2.75, 3.05) is 13.2 Å². The van der Waals surface area contributed by atoms with Gasteiger partial charge in [-0.25, -0.2) is 0 Å². The SMILES string of the molecule is CC(C)C1NC2(CC2)C(=O)N1C(C)C1CCOC1. The zero-order valence-corrected chi connectivity index (χ0v) is 11.6. The van der Waals surface area contributed by atoms with Crippen molar-refractivity contribution in [2.45, 2.75) is 57.8 Å². The van der Waals surface area contributed by atoms with E-state index in [0.29, 0.717) is 23.8 Å². The van der Waals surface area contributed by atoms with E-state index in [1.54, 1.807) is 0 Å². The summed E-state index contributed by atoms with van der Waals surface area (Å²) in [5, 5.41) is 3.58. The van der Waals surface area contributed by atoms with Crippen LogP contribution in [-0.4, -0.2) is 41.8 Å². The first-order valence-electron chi connectivity index (χ1n) is 7.23. The van der Waals surface area contributed by atoms with Crippen molar-refractivity contribution in [3.8, 4) is 0 Å². The number of hydrogen-bond acceptors (Lipinski definition) is 3. The van der Waals surface area contributed by atoms with Crippen LogP contribution in [0.1, 0.15) is 40.0 Å². The van der Waals surface area contributed by atoms with Crippen LogP contribution in [0.15, 0.2) is 0 Å². The van der Waals surface area contributed by atoms with E-state index >= 15 is 0 Å². The molecule has 1 aliphatic carbocycles. The molecule has 3 unspecified atom stereocenters. The van der Waals surface area contributed by atoms with Crippen molar-refractivity contribution in [2.24, 2.45) is 11.8 Å². The minimum Gasteiger partial charge on any atom is -0.381 e. The van der Waals surface area contributed by atoms with Crippen molar-refractivity contribution < 1.29 is 9.53 Å². The van der Waals surface area contributed by atoms with Gasteiger partial charge in [0.2, 0.25) is 5.91 Å². The maximum Gasteiger partial charge on any atom is 0.244 e. The minimum atomic E-state index is -0.192. The molecule has 3 atom stereocenters. The zero-order valence-electron chi connectivity index (χ0n) is 11.6. The van der Waals surface area contributed by atoms with Crippen molar-refractivity contribution in [1.82, 2.24) is 10.2 Å². The molecule has 3 rings (SSSR count). The Morgan fingerprint density at radius 1 is 1.39 bits per heavy atom. The number of carbonyl (C=O) groups is 1. The van der Waals surface area contributed by atoms with Crippen LogP contribution < -0.4 is 5.32 Å². The lowest BCUT2D eigenvalue weighted by Crippen LogP contribution is -2.49. The lowest BCUT2D eigenvalue weighted by molar-refractivity contribution is -0.134. The van der Waals surface area contributed by atoms with Gasteiger partial charge >= 0.3 is 0 Å². The molecule has 3 fully saturated rings. The number of ether oxygens (including phenoxy) is 1. The number of rotatable bonds is 3. The third-order valence-electron chi connectivity index (χ3n) is 4.84. The van der Waals surface area contributed by atoms with E-state index in [0.717, 1.165) is 32.5 Å². The van der Waals surface area contributed by atoms with Crippen LogP contribution in [0.2, 0.25) is 0 Å². The second kappa shape index (κ2) is 4.20. The Bertz CT molecular complexity index is 346. The van der Waals surface area contributed by atoms with Gasteiger partial charge in [0, 0.05) is 18.6 Å². The van der Waals surface area contributed by atoms with Gasteiger partial charge in [-0.05, 0) is 32.1 Å². The highest BCUT2D eigenvalue weighted by atomic mass is 16.5. The summed E-state index contributed by atoms with van der Waals surface area (Å²) in [5.41, 5.74) is -0.192. The molecule has 102 valence electrons. The molecule has 4 nitrogen and oxygen atoms in total. The Morgan fingerprint density at radius 2 is 2.11 bits per heavy atom. The average molecular weight is 252 g/mol. The molecule has 1 N–H and O–H groups in total. The summed E-state index contributed by atoms with van der Waals surface area (Å²) in [6, 6.07) is 0.292. The zero-order chi connectivity index (χ0) is 12.9. The van der Waals surface area contributed by atoms with Crippen molar-refractivity contribution in [1.29, 1.82) is 0 Å². The van der Waals surface area contributed by atoms with Gasteiger partial charge in [0.1, 0.15) is 0 Å². The van der Waals surface area contributed by atoms with Gasteiger partial charge < -0.3 is 9.64 Å². The monoisotopic (exact) mass is 252 g/mol. The highest BCUT2D eigenvalue weighted by Gasteiger charge is 2.60. The summed E-state index contributed by atoms with van der Waals surface area (Å²) < 4.78 is 5.48. The molecule has 2 heterocycles. The quantitative estimate of drug-likeness (QED) is 0.824. The fourth-order valence-electron chi connectivity index (χ4n) is 3.36. The van der Waals surface area contributed by atoms with Crippen LogP contribution in [0.5, 0.6) is 0 Å². The van der Waals surface area contributed by atoms with E-state index < -0.39 is 0 Å². The van der Waals surface area contributed by atoms with Crippen LogP contribution >= 0.6 is 0 Å². The molecule has 0 bridgehead atoms. The second-order valence-electron chi connectivity index (χ2n) is 6.49. The Kier molecular flexibility index (Phi) is 2.90. The van der Waals surface area contributed by atoms with E-state index in [9.17, 15) is 4.79 Å². The lowest BCUT2D eigenvalue weighted by atomic mass is 9.97. The fraction of sp³-hybridized carbons (Fsp3) is 0.929.